The summed E-state index contributed by atoms with van der Waals surface area (Å²) in [7, 11) is 0. The topological polar surface area (TPSA) is 29.1 Å². The van der Waals surface area contributed by atoms with Gasteiger partial charge in [-0.05, 0) is 43.5 Å². The number of carbonyl (C=O) groups is 1. The lowest BCUT2D eigenvalue weighted by Gasteiger charge is -2.12. The molecule has 0 aliphatic rings. The molecule has 2 nitrogen and oxygen atoms in total. The Morgan fingerprint density at radius 2 is 1.39 bits per heavy atom. The molecule has 0 unspecified atom stereocenters. The van der Waals surface area contributed by atoms with E-state index in [1.807, 2.05) is 26.0 Å². The van der Waals surface area contributed by atoms with Gasteiger partial charge in [0.25, 0.3) is 0 Å². The van der Waals surface area contributed by atoms with E-state index in [0.29, 0.717) is 6.42 Å². The minimum Gasteiger partial charge on any atom is -0.326 e. The molecule has 0 saturated carbocycles. The van der Waals surface area contributed by atoms with E-state index >= 15 is 0 Å². The molecule has 0 radical (unpaired) electrons. The van der Waals surface area contributed by atoms with E-state index in [9.17, 15) is 4.79 Å². The maximum atomic E-state index is 12.1. The Hall–Kier alpha value is -0.830. The number of rotatable bonds is 11. The summed E-state index contributed by atoms with van der Waals surface area (Å²) in [6.45, 7) is 6.32. The van der Waals surface area contributed by atoms with Gasteiger partial charge in [-0.1, -0.05) is 74.2 Å². The average molecular weight is 382 g/mol. The van der Waals surface area contributed by atoms with Gasteiger partial charge in [-0.15, -0.1) is 0 Å². The van der Waals surface area contributed by atoms with Crippen LogP contribution in [0.3, 0.4) is 0 Å². The molecule has 0 aliphatic carbocycles. The summed E-state index contributed by atoms with van der Waals surface area (Å²) in [4.78, 5) is 12.1. The zero-order valence-corrected chi connectivity index (χ0v) is 16.6. The van der Waals surface area contributed by atoms with E-state index in [2.05, 4.69) is 28.2 Å². The average Bonchev–Trinajstić information content (AvgIpc) is 2.49. The number of unbranched alkanes of at least 4 members (excludes halogenated alkanes) is 8. The molecule has 0 fully saturated rings. The summed E-state index contributed by atoms with van der Waals surface area (Å²) in [5.74, 6) is 0.140. The molecular formula is C20H32BrNO. The third-order valence-corrected chi connectivity index (χ3v) is 4.73. The fraction of sp³-hybridized carbons (Fsp3) is 0.650. The fourth-order valence-electron chi connectivity index (χ4n) is 2.91. The molecule has 0 aliphatic heterocycles. The van der Waals surface area contributed by atoms with Crippen LogP contribution in [0.5, 0.6) is 0 Å². The molecule has 0 aromatic heterocycles. The van der Waals surface area contributed by atoms with Gasteiger partial charge >= 0.3 is 0 Å². The van der Waals surface area contributed by atoms with Crippen molar-refractivity contribution in [3.05, 3.63) is 27.7 Å². The molecule has 1 rings (SSSR count). The third kappa shape index (κ3) is 8.55. The lowest BCUT2D eigenvalue weighted by atomic mass is 10.1. The molecule has 0 atom stereocenters. The molecule has 0 heterocycles. The van der Waals surface area contributed by atoms with Crippen LogP contribution in [0.2, 0.25) is 0 Å². The minimum absolute atomic E-state index is 0.140. The normalized spacial score (nSPS) is 10.8. The number of aryl methyl sites for hydroxylation is 2. The Morgan fingerprint density at radius 3 is 1.91 bits per heavy atom. The molecular weight excluding hydrogens is 350 g/mol. The minimum atomic E-state index is 0.140. The number of nitrogens with one attached hydrogen (secondary N) is 1. The first-order valence-electron chi connectivity index (χ1n) is 9.11. The molecule has 3 heteroatoms. The number of hydrogen-bond donors (Lipinski definition) is 1. The van der Waals surface area contributed by atoms with Crippen LogP contribution in [0.4, 0.5) is 5.69 Å². The molecule has 1 amide bonds. The maximum Gasteiger partial charge on any atom is 0.224 e. The van der Waals surface area contributed by atoms with Gasteiger partial charge in [0.2, 0.25) is 5.91 Å². The first-order valence-corrected chi connectivity index (χ1v) is 9.90. The second-order valence-electron chi connectivity index (χ2n) is 6.54. The number of anilines is 1. The largest absolute Gasteiger partial charge is 0.326 e. The predicted octanol–water partition coefficient (Wildman–Crippen LogP) is 6.93. The smallest absolute Gasteiger partial charge is 0.224 e. The van der Waals surface area contributed by atoms with Crippen molar-refractivity contribution in [2.75, 3.05) is 5.32 Å². The van der Waals surface area contributed by atoms with Crippen molar-refractivity contribution in [2.45, 2.75) is 85.0 Å². The zero-order chi connectivity index (χ0) is 17.1. The van der Waals surface area contributed by atoms with Gasteiger partial charge < -0.3 is 5.32 Å². The Labute approximate surface area is 150 Å². The van der Waals surface area contributed by atoms with Crippen LogP contribution in [0, 0.1) is 13.8 Å². The maximum absolute atomic E-state index is 12.1. The first kappa shape index (κ1) is 20.2. The van der Waals surface area contributed by atoms with Crippen LogP contribution >= 0.6 is 15.9 Å². The van der Waals surface area contributed by atoms with Crippen LogP contribution < -0.4 is 5.32 Å². The SMILES string of the molecule is CCCCCCCCCCCC(=O)Nc1c(C)cc(Br)cc1C. The molecule has 1 aromatic rings. The summed E-state index contributed by atoms with van der Waals surface area (Å²) < 4.78 is 1.06. The molecule has 0 saturated heterocycles. The van der Waals surface area contributed by atoms with Crippen LogP contribution in [0.1, 0.15) is 82.3 Å². The van der Waals surface area contributed by atoms with Crippen LogP contribution in [0.25, 0.3) is 0 Å². The molecule has 0 bridgehead atoms. The van der Waals surface area contributed by atoms with Crippen molar-refractivity contribution in [3.8, 4) is 0 Å². The van der Waals surface area contributed by atoms with Crippen LogP contribution in [-0.2, 0) is 4.79 Å². The zero-order valence-electron chi connectivity index (χ0n) is 15.0. The highest BCUT2D eigenvalue weighted by molar-refractivity contribution is 9.10. The van der Waals surface area contributed by atoms with Gasteiger partial charge in [0.05, 0.1) is 0 Å². The lowest BCUT2D eigenvalue weighted by molar-refractivity contribution is -0.116. The molecule has 0 spiro atoms. The number of carbonyl (C=O) groups excluding carboxylic acids is 1. The van der Waals surface area contributed by atoms with Gasteiger partial charge in [0, 0.05) is 16.6 Å². The highest BCUT2D eigenvalue weighted by Gasteiger charge is 2.08. The molecule has 1 N–H and O–H groups in total. The van der Waals surface area contributed by atoms with Crippen molar-refractivity contribution in [3.63, 3.8) is 0 Å². The van der Waals surface area contributed by atoms with E-state index in [-0.39, 0.29) is 5.91 Å². The van der Waals surface area contributed by atoms with Crippen molar-refractivity contribution < 1.29 is 4.79 Å². The van der Waals surface area contributed by atoms with Crippen molar-refractivity contribution in [1.82, 2.24) is 0 Å². The lowest BCUT2D eigenvalue weighted by Crippen LogP contribution is -2.13. The highest BCUT2D eigenvalue weighted by atomic mass is 79.9. The quantitative estimate of drug-likeness (QED) is 0.413. The van der Waals surface area contributed by atoms with E-state index in [1.54, 1.807) is 0 Å². The van der Waals surface area contributed by atoms with Crippen molar-refractivity contribution in [2.24, 2.45) is 0 Å². The summed E-state index contributed by atoms with van der Waals surface area (Å²) in [5.41, 5.74) is 3.18. The Kier molecular flexibility index (Phi) is 10.3. The van der Waals surface area contributed by atoms with E-state index in [4.69, 9.17) is 0 Å². The van der Waals surface area contributed by atoms with Crippen molar-refractivity contribution >= 4 is 27.5 Å². The number of benzene rings is 1. The van der Waals surface area contributed by atoms with Crippen molar-refractivity contribution in [1.29, 1.82) is 0 Å². The number of halogens is 1. The summed E-state index contributed by atoms with van der Waals surface area (Å²) in [6.07, 6.45) is 12.2. The van der Waals surface area contributed by atoms with Gasteiger partial charge in [0.15, 0.2) is 0 Å². The van der Waals surface area contributed by atoms with Gasteiger partial charge in [-0.3, -0.25) is 4.79 Å². The van der Waals surface area contributed by atoms with E-state index in [1.165, 1.54) is 51.4 Å². The monoisotopic (exact) mass is 381 g/mol. The Morgan fingerprint density at radius 1 is 0.913 bits per heavy atom. The standard InChI is InChI=1S/C20H32BrNO/c1-4-5-6-7-8-9-10-11-12-13-19(23)22-20-16(2)14-18(21)15-17(20)3/h14-15H,4-13H2,1-3H3,(H,22,23). The Balaban J connectivity index is 2.16. The second kappa shape index (κ2) is 11.7. The van der Waals surface area contributed by atoms with E-state index in [0.717, 1.165) is 27.7 Å². The number of amides is 1. The van der Waals surface area contributed by atoms with Gasteiger partial charge in [0.1, 0.15) is 0 Å². The van der Waals surface area contributed by atoms with E-state index < -0.39 is 0 Å². The molecule has 23 heavy (non-hydrogen) atoms. The second-order valence-corrected chi connectivity index (χ2v) is 7.46. The molecule has 130 valence electrons. The molecule has 1 aromatic carbocycles. The summed E-state index contributed by atoms with van der Waals surface area (Å²) in [5, 5.41) is 3.07. The highest BCUT2D eigenvalue weighted by Crippen LogP contribution is 2.25. The third-order valence-electron chi connectivity index (χ3n) is 4.27. The predicted molar refractivity (Wildman–Crippen MR) is 104 cm³/mol. The fourth-order valence-corrected chi connectivity index (χ4v) is 3.59. The first-order chi connectivity index (χ1) is 11.0. The number of hydrogen-bond acceptors (Lipinski definition) is 1. The summed E-state index contributed by atoms with van der Waals surface area (Å²) in [6, 6.07) is 4.09. The van der Waals surface area contributed by atoms with Crippen LogP contribution in [0.15, 0.2) is 16.6 Å². The summed E-state index contributed by atoms with van der Waals surface area (Å²) >= 11 is 3.49. The van der Waals surface area contributed by atoms with Crippen LogP contribution in [-0.4, -0.2) is 5.91 Å². The van der Waals surface area contributed by atoms with Gasteiger partial charge in [-0.25, -0.2) is 0 Å². The van der Waals surface area contributed by atoms with Gasteiger partial charge in [-0.2, -0.15) is 0 Å². The Bertz CT molecular complexity index is 462.